The highest BCUT2D eigenvalue weighted by Crippen LogP contribution is 2.36. The first-order valence-corrected chi connectivity index (χ1v) is 12.3. The minimum atomic E-state index is -5.08. The molecular weight excluding hydrogens is 540 g/mol. The minimum Gasteiger partial charge on any atom is -0.475 e. The number of hydrogen-bond acceptors (Lipinski definition) is 6. The van der Waals surface area contributed by atoms with Gasteiger partial charge in [-0.3, -0.25) is 9.78 Å². The molecule has 3 aliphatic rings. The summed E-state index contributed by atoms with van der Waals surface area (Å²) in [4.78, 5) is 37.4. The number of amides is 1. The molecule has 220 valence electrons. The van der Waals surface area contributed by atoms with Crippen molar-refractivity contribution < 1.29 is 55.7 Å². The molecule has 0 unspecified atom stereocenters. The molecule has 0 radical (unpaired) electrons. The molecule has 1 aliphatic carbocycles. The van der Waals surface area contributed by atoms with E-state index in [4.69, 9.17) is 24.5 Å². The fourth-order valence-electron chi connectivity index (χ4n) is 4.88. The zero-order chi connectivity index (χ0) is 29.2. The summed E-state index contributed by atoms with van der Waals surface area (Å²) in [7, 11) is 0. The summed E-state index contributed by atoms with van der Waals surface area (Å²) in [5, 5.41) is 17.3. The topological polar surface area (TPSA) is 129 Å². The number of likely N-dealkylation sites (tertiary alicyclic amines) is 1. The van der Waals surface area contributed by atoms with E-state index in [0.29, 0.717) is 25.0 Å². The Morgan fingerprint density at radius 1 is 0.974 bits per heavy atom. The van der Waals surface area contributed by atoms with Crippen molar-refractivity contribution in [3.63, 3.8) is 0 Å². The van der Waals surface area contributed by atoms with Crippen LogP contribution in [0.1, 0.15) is 31.4 Å². The van der Waals surface area contributed by atoms with Crippen molar-refractivity contribution in [1.29, 1.82) is 0 Å². The van der Waals surface area contributed by atoms with E-state index in [-0.39, 0.29) is 11.8 Å². The first-order chi connectivity index (χ1) is 18.2. The Kier molecular flexibility index (Phi) is 12.0. The van der Waals surface area contributed by atoms with Crippen LogP contribution in [0.25, 0.3) is 0 Å². The molecule has 2 aliphatic heterocycles. The molecule has 39 heavy (non-hydrogen) atoms. The fraction of sp³-hybridized carbons (Fsp3) is 0.667. The van der Waals surface area contributed by atoms with Crippen LogP contribution in [0, 0.1) is 23.7 Å². The van der Waals surface area contributed by atoms with Crippen LogP contribution in [0.2, 0.25) is 0 Å². The maximum absolute atomic E-state index is 12.7. The molecule has 15 heteroatoms. The lowest BCUT2D eigenvalue weighted by Crippen LogP contribution is -2.44. The number of fused-ring (bicyclic) bond motifs is 1. The second kappa shape index (κ2) is 14.4. The third-order valence-electron chi connectivity index (χ3n) is 6.70. The number of carbonyl (C=O) groups excluding carboxylic acids is 1. The average Bonchev–Trinajstić information content (AvgIpc) is 3.52. The van der Waals surface area contributed by atoms with Crippen LogP contribution in [-0.4, -0.2) is 83.1 Å². The number of alkyl halides is 6. The van der Waals surface area contributed by atoms with Gasteiger partial charge in [0.25, 0.3) is 0 Å². The van der Waals surface area contributed by atoms with Crippen molar-refractivity contribution in [2.75, 3.05) is 32.8 Å². The summed E-state index contributed by atoms with van der Waals surface area (Å²) >= 11 is 0. The number of nitrogens with zero attached hydrogens (tertiary/aromatic N) is 2. The molecule has 1 aromatic heterocycles. The van der Waals surface area contributed by atoms with E-state index in [1.807, 2.05) is 18.2 Å². The van der Waals surface area contributed by atoms with Gasteiger partial charge in [0.2, 0.25) is 5.91 Å². The first kappa shape index (κ1) is 32.3. The highest BCUT2D eigenvalue weighted by atomic mass is 19.4. The number of aliphatic carboxylic acids is 2. The average molecular weight is 572 g/mol. The van der Waals surface area contributed by atoms with Gasteiger partial charge in [-0.1, -0.05) is 18.9 Å². The Labute approximate surface area is 220 Å². The number of hydrogen-bond donors (Lipinski definition) is 3. The van der Waals surface area contributed by atoms with Crippen molar-refractivity contribution in [2.45, 2.75) is 44.6 Å². The van der Waals surface area contributed by atoms with E-state index >= 15 is 0 Å². The zero-order valence-electron chi connectivity index (χ0n) is 20.9. The molecule has 3 atom stereocenters. The fourth-order valence-corrected chi connectivity index (χ4v) is 4.88. The number of carboxylic acid groups (broad SMARTS) is 2. The smallest absolute Gasteiger partial charge is 0.475 e. The molecule has 1 amide bonds. The Balaban J connectivity index is 0.000000317. The Bertz CT molecular complexity index is 917. The molecule has 2 saturated heterocycles. The SMILES string of the molecule is O=C(NCc1ccccn1)[C@@H]1COC[C@H]2CN(CC3CCCC3)C[C@H]21.O=C(O)C(F)(F)F.O=C(O)C(F)(F)F. The summed E-state index contributed by atoms with van der Waals surface area (Å²) in [5.41, 5.74) is 0.901. The maximum atomic E-state index is 12.7. The molecule has 1 saturated carbocycles. The number of aromatic nitrogens is 1. The van der Waals surface area contributed by atoms with Gasteiger partial charge in [0, 0.05) is 25.8 Å². The first-order valence-electron chi connectivity index (χ1n) is 12.3. The maximum Gasteiger partial charge on any atom is 0.490 e. The van der Waals surface area contributed by atoms with Crippen LogP contribution in [0.15, 0.2) is 24.4 Å². The molecule has 9 nitrogen and oxygen atoms in total. The lowest BCUT2D eigenvalue weighted by Gasteiger charge is -2.32. The monoisotopic (exact) mass is 571 g/mol. The third-order valence-corrected chi connectivity index (χ3v) is 6.70. The Morgan fingerprint density at radius 2 is 1.56 bits per heavy atom. The van der Waals surface area contributed by atoms with Gasteiger partial charge in [-0.2, -0.15) is 26.3 Å². The molecule has 3 N–H and O–H groups in total. The largest absolute Gasteiger partial charge is 0.490 e. The van der Waals surface area contributed by atoms with E-state index in [1.165, 1.54) is 32.2 Å². The Morgan fingerprint density at radius 3 is 2.08 bits per heavy atom. The standard InChI is InChI=1S/C20H29N3O2.2C2HF3O2/c24-20(22-9-17-7-3-4-8-21-17)19-14-25-13-16-11-23(12-18(16)19)10-15-5-1-2-6-15;2*3-2(4,5)1(6)7/h3-4,7-8,15-16,18-19H,1-2,5-6,9-14H2,(H,22,24);2*(H,6,7)/t16-,18-,19-;;/m1../s1. The zero-order valence-corrected chi connectivity index (χ0v) is 20.9. The van der Waals surface area contributed by atoms with Gasteiger partial charge in [-0.05, 0) is 42.7 Å². The van der Waals surface area contributed by atoms with Crippen LogP contribution in [0.4, 0.5) is 26.3 Å². The van der Waals surface area contributed by atoms with Crippen LogP contribution in [-0.2, 0) is 25.7 Å². The summed E-state index contributed by atoms with van der Waals surface area (Å²) in [5.74, 6) is -3.57. The van der Waals surface area contributed by atoms with Crippen molar-refractivity contribution in [3.8, 4) is 0 Å². The number of nitrogens with one attached hydrogen (secondary N) is 1. The summed E-state index contributed by atoms with van der Waals surface area (Å²) in [6.07, 6.45) is -2.84. The normalized spacial score (nSPS) is 23.5. The molecular formula is C24H31F6N3O6. The molecule has 3 fully saturated rings. The van der Waals surface area contributed by atoms with Crippen molar-refractivity contribution >= 4 is 17.8 Å². The van der Waals surface area contributed by atoms with Gasteiger partial charge in [0.15, 0.2) is 0 Å². The van der Waals surface area contributed by atoms with Crippen LogP contribution >= 0.6 is 0 Å². The number of pyridine rings is 1. The van der Waals surface area contributed by atoms with E-state index in [2.05, 4.69) is 15.2 Å². The van der Waals surface area contributed by atoms with Gasteiger partial charge in [0.1, 0.15) is 0 Å². The van der Waals surface area contributed by atoms with E-state index in [1.54, 1.807) is 6.20 Å². The van der Waals surface area contributed by atoms with E-state index < -0.39 is 24.3 Å². The number of carboxylic acids is 2. The highest BCUT2D eigenvalue weighted by Gasteiger charge is 2.44. The van der Waals surface area contributed by atoms with Crippen molar-refractivity contribution in [2.24, 2.45) is 23.7 Å². The molecule has 1 aromatic rings. The van der Waals surface area contributed by atoms with Gasteiger partial charge in [-0.15, -0.1) is 0 Å². The predicted molar refractivity (Wildman–Crippen MR) is 123 cm³/mol. The molecule has 0 aromatic carbocycles. The lowest BCUT2D eigenvalue weighted by molar-refractivity contribution is -0.193. The third kappa shape index (κ3) is 11.0. The molecule has 0 bridgehead atoms. The molecule has 4 rings (SSSR count). The second-order valence-corrected chi connectivity index (χ2v) is 9.58. The number of rotatable bonds is 5. The van der Waals surface area contributed by atoms with E-state index in [0.717, 1.165) is 31.3 Å². The van der Waals surface area contributed by atoms with Gasteiger partial charge in [0.05, 0.1) is 31.4 Å². The van der Waals surface area contributed by atoms with E-state index in [9.17, 15) is 31.1 Å². The van der Waals surface area contributed by atoms with Crippen LogP contribution in [0.3, 0.4) is 0 Å². The van der Waals surface area contributed by atoms with Crippen molar-refractivity contribution in [1.82, 2.24) is 15.2 Å². The second-order valence-electron chi connectivity index (χ2n) is 9.58. The van der Waals surface area contributed by atoms with Crippen molar-refractivity contribution in [3.05, 3.63) is 30.1 Å². The van der Waals surface area contributed by atoms with Crippen LogP contribution in [0.5, 0.6) is 0 Å². The quantitative estimate of drug-likeness (QED) is 0.459. The van der Waals surface area contributed by atoms with Gasteiger partial charge in [-0.25, -0.2) is 9.59 Å². The molecule has 3 heterocycles. The number of carbonyl (C=O) groups is 3. The lowest BCUT2D eigenvalue weighted by atomic mass is 9.82. The minimum absolute atomic E-state index is 0.0176. The number of halogens is 6. The number of ether oxygens (including phenoxy) is 1. The van der Waals surface area contributed by atoms with Crippen LogP contribution < -0.4 is 5.32 Å². The highest BCUT2D eigenvalue weighted by molar-refractivity contribution is 5.79. The predicted octanol–water partition coefficient (Wildman–Crippen LogP) is 3.35. The summed E-state index contributed by atoms with van der Waals surface area (Å²) in [6, 6.07) is 5.79. The Hall–Kier alpha value is -2.94. The summed E-state index contributed by atoms with van der Waals surface area (Å²) < 4.78 is 69.3. The van der Waals surface area contributed by atoms with Gasteiger partial charge >= 0.3 is 24.3 Å². The molecule has 0 spiro atoms. The van der Waals surface area contributed by atoms with Gasteiger partial charge < -0.3 is 25.2 Å². The summed E-state index contributed by atoms with van der Waals surface area (Å²) in [6.45, 7) is 5.26.